The first-order valence-electron chi connectivity index (χ1n) is 5.73. The summed E-state index contributed by atoms with van der Waals surface area (Å²) in [6, 6.07) is 7.22. The fourth-order valence-corrected chi connectivity index (χ4v) is 1.39. The molecule has 4 nitrogen and oxygen atoms in total. The molecular formula is C14H18O4. The van der Waals surface area contributed by atoms with Crippen molar-refractivity contribution in [3.8, 4) is 11.5 Å². The lowest BCUT2D eigenvalue weighted by Gasteiger charge is -2.12. The Labute approximate surface area is 107 Å². The maximum absolute atomic E-state index is 10.7. The molecule has 0 fully saturated rings. The van der Waals surface area contributed by atoms with Gasteiger partial charge in [-0.1, -0.05) is 19.9 Å². The minimum absolute atomic E-state index is 0.131. The Kier molecular flexibility index (Phi) is 5.24. The van der Waals surface area contributed by atoms with E-state index in [2.05, 4.69) is 0 Å². The van der Waals surface area contributed by atoms with Crippen molar-refractivity contribution in [3.05, 3.63) is 35.9 Å². The standard InChI is InChI=1S/C14H18O4/c1-10(2)11(7-14(15)16)9-18-13-6-4-5-12(8-13)17-3/h4-8,10H,9H2,1-3H3,(H,15,16)/b11-7-. The quantitative estimate of drug-likeness (QED) is 0.789. The van der Waals surface area contributed by atoms with E-state index in [1.54, 1.807) is 19.2 Å². The number of hydrogen-bond donors (Lipinski definition) is 1. The molecule has 1 rings (SSSR count). The van der Waals surface area contributed by atoms with Crippen molar-refractivity contribution in [1.29, 1.82) is 0 Å². The van der Waals surface area contributed by atoms with Crippen LogP contribution < -0.4 is 9.47 Å². The zero-order valence-electron chi connectivity index (χ0n) is 10.8. The summed E-state index contributed by atoms with van der Waals surface area (Å²) >= 11 is 0. The van der Waals surface area contributed by atoms with Crippen LogP contribution in [0.15, 0.2) is 35.9 Å². The van der Waals surface area contributed by atoms with Crippen LogP contribution in [-0.4, -0.2) is 24.8 Å². The molecule has 1 N–H and O–H groups in total. The number of ether oxygens (including phenoxy) is 2. The molecule has 0 radical (unpaired) electrons. The second kappa shape index (κ2) is 6.69. The van der Waals surface area contributed by atoms with Gasteiger partial charge < -0.3 is 14.6 Å². The van der Waals surface area contributed by atoms with Crippen molar-refractivity contribution in [3.63, 3.8) is 0 Å². The van der Waals surface area contributed by atoms with E-state index in [0.29, 0.717) is 11.5 Å². The Hall–Kier alpha value is -1.97. The SMILES string of the molecule is COc1cccc(OC/C(=C/C(=O)O)C(C)C)c1. The molecule has 0 aromatic heterocycles. The van der Waals surface area contributed by atoms with Crippen molar-refractivity contribution < 1.29 is 19.4 Å². The second-order valence-electron chi connectivity index (χ2n) is 4.18. The van der Waals surface area contributed by atoms with Gasteiger partial charge in [0.15, 0.2) is 0 Å². The smallest absolute Gasteiger partial charge is 0.328 e. The summed E-state index contributed by atoms with van der Waals surface area (Å²) in [5.74, 6) is 0.548. The minimum atomic E-state index is -0.951. The van der Waals surface area contributed by atoms with E-state index in [9.17, 15) is 4.79 Å². The zero-order chi connectivity index (χ0) is 13.5. The number of carbonyl (C=O) groups is 1. The third-order valence-corrected chi connectivity index (χ3v) is 2.50. The molecule has 0 heterocycles. The maximum Gasteiger partial charge on any atom is 0.328 e. The Morgan fingerprint density at radius 3 is 2.61 bits per heavy atom. The third kappa shape index (κ3) is 4.49. The van der Waals surface area contributed by atoms with E-state index < -0.39 is 5.97 Å². The highest BCUT2D eigenvalue weighted by atomic mass is 16.5. The molecule has 0 aliphatic rings. The number of carboxylic acids is 1. The van der Waals surface area contributed by atoms with Crippen molar-refractivity contribution in [2.24, 2.45) is 5.92 Å². The van der Waals surface area contributed by atoms with Crippen molar-refractivity contribution >= 4 is 5.97 Å². The van der Waals surface area contributed by atoms with Crippen LogP contribution in [-0.2, 0) is 4.79 Å². The number of aliphatic carboxylic acids is 1. The number of benzene rings is 1. The van der Waals surface area contributed by atoms with E-state index >= 15 is 0 Å². The molecule has 0 saturated heterocycles. The molecule has 0 unspecified atom stereocenters. The highest BCUT2D eigenvalue weighted by molar-refractivity contribution is 5.80. The van der Waals surface area contributed by atoms with Crippen LogP contribution in [0, 0.1) is 5.92 Å². The van der Waals surface area contributed by atoms with Crippen LogP contribution in [0.25, 0.3) is 0 Å². The topological polar surface area (TPSA) is 55.8 Å². The predicted molar refractivity (Wildman–Crippen MR) is 69.0 cm³/mol. The summed E-state index contributed by atoms with van der Waals surface area (Å²) in [5, 5.41) is 8.76. The summed E-state index contributed by atoms with van der Waals surface area (Å²) in [6.07, 6.45) is 1.20. The first kappa shape index (κ1) is 14.1. The Bertz CT molecular complexity index is 435. The molecule has 98 valence electrons. The number of rotatable bonds is 6. The van der Waals surface area contributed by atoms with Gasteiger partial charge in [0.2, 0.25) is 0 Å². The lowest BCUT2D eigenvalue weighted by Crippen LogP contribution is -2.09. The molecule has 0 aliphatic carbocycles. The normalized spacial score (nSPS) is 11.4. The Morgan fingerprint density at radius 2 is 2.06 bits per heavy atom. The van der Waals surface area contributed by atoms with Crippen molar-refractivity contribution in [2.75, 3.05) is 13.7 Å². The van der Waals surface area contributed by atoms with Gasteiger partial charge in [0.1, 0.15) is 18.1 Å². The van der Waals surface area contributed by atoms with E-state index in [1.165, 1.54) is 6.08 Å². The van der Waals surface area contributed by atoms with Crippen LogP contribution in [0.1, 0.15) is 13.8 Å². The number of carboxylic acid groups (broad SMARTS) is 1. The van der Waals surface area contributed by atoms with Crippen LogP contribution in [0.5, 0.6) is 11.5 Å². The molecular weight excluding hydrogens is 232 g/mol. The maximum atomic E-state index is 10.7. The van der Waals surface area contributed by atoms with Crippen LogP contribution >= 0.6 is 0 Å². The molecule has 0 aliphatic heterocycles. The highest BCUT2D eigenvalue weighted by Crippen LogP contribution is 2.20. The van der Waals surface area contributed by atoms with E-state index in [1.807, 2.05) is 26.0 Å². The number of hydrogen-bond acceptors (Lipinski definition) is 3. The predicted octanol–water partition coefficient (Wildman–Crippen LogP) is 2.74. The summed E-state index contributed by atoms with van der Waals surface area (Å²) in [5.41, 5.74) is 0.741. The summed E-state index contributed by atoms with van der Waals surface area (Å²) in [7, 11) is 1.59. The lowest BCUT2D eigenvalue weighted by atomic mass is 10.0. The molecule has 0 bridgehead atoms. The van der Waals surface area contributed by atoms with Crippen molar-refractivity contribution in [1.82, 2.24) is 0 Å². The highest BCUT2D eigenvalue weighted by Gasteiger charge is 2.07. The largest absolute Gasteiger partial charge is 0.497 e. The molecule has 18 heavy (non-hydrogen) atoms. The zero-order valence-corrected chi connectivity index (χ0v) is 10.8. The van der Waals surface area contributed by atoms with Crippen LogP contribution in [0.2, 0.25) is 0 Å². The van der Waals surface area contributed by atoms with Crippen LogP contribution in [0.3, 0.4) is 0 Å². The first-order chi connectivity index (χ1) is 8.52. The summed E-state index contributed by atoms with van der Waals surface area (Å²) < 4.78 is 10.6. The van der Waals surface area contributed by atoms with Gasteiger partial charge in [-0.05, 0) is 23.6 Å². The average molecular weight is 250 g/mol. The van der Waals surface area contributed by atoms with Gasteiger partial charge in [0, 0.05) is 12.1 Å². The Balaban J connectivity index is 2.70. The monoisotopic (exact) mass is 250 g/mol. The summed E-state index contributed by atoms with van der Waals surface area (Å²) in [4.78, 5) is 10.7. The fourth-order valence-electron chi connectivity index (χ4n) is 1.39. The molecule has 4 heteroatoms. The molecule has 0 amide bonds. The van der Waals surface area contributed by atoms with E-state index in [4.69, 9.17) is 14.6 Å². The van der Waals surface area contributed by atoms with Crippen molar-refractivity contribution in [2.45, 2.75) is 13.8 Å². The van der Waals surface area contributed by atoms with E-state index in [-0.39, 0.29) is 12.5 Å². The van der Waals surface area contributed by atoms with E-state index in [0.717, 1.165) is 5.57 Å². The Morgan fingerprint density at radius 1 is 1.39 bits per heavy atom. The van der Waals surface area contributed by atoms with Gasteiger partial charge in [-0.25, -0.2) is 4.79 Å². The molecule has 0 atom stereocenters. The molecule has 0 saturated carbocycles. The van der Waals surface area contributed by atoms with Crippen LogP contribution in [0.4, 0.5) is 0 Å². The lowest BCUT2D eigenvalue weighted by molar-refractivity contribution is -0.131. The number of methoxy groups -OCH3 is 1. The average Bonchev–Trinajstić information content (AvgIpc) is 2.34. The van der Waals surface area contributed by atoms with Gasteiger partial charge in [0.05, 0.1) is 7.11 Å². The second-order valence-corrected chi connectivity index (χ2v) is 4.18. The summed E-state index contributed by atoms with van der Waals surface area (Å²) in [6.45, 7) is 4.13. The van der Waals surface area contributed by atoms with Gasteiger partial charge >= 0.3 is 5.97 Å². The first-order valence-corrected chi connectivity index (χ1v) is 5.73. The van der Waals surface area contributed by atoms with Gasteiger partial charge in [0.25, 0.3) is 0 Å². The molecule has 0 spiro atoms. The molecule has 1 aromatic carbocycles. The fraction of sp³-hybridized carbons (Fsp3) is 0.357. The molecule has 1 aromatic rings. The van der Waals surface area contributed by atoms with Gasteiger partial charge in [-0.3, -0.25) is 0 Å². The third-order valence-electron chi connectivity index (χ3n) is 2.50. The van der Waals surface area contributed by atoms with Gasteiger partial charge in [-0.2, -0.15) is 0 Å². The minimum Gasteiger partial charge on any atom is -0.497 e. The van der Waals surface area contributed by atoms with Gasteiger partial charge in [-0.15, -0.1) is 0 Å².